The Morgan fingerprint density at radius 2 is 2.04 bits per heavy atom. The Kier molecular flexibility index (Phi) is 4.31. The maximum absolute atomic E-state index is 12.8. The van der Waals surface area contributed by atoms with Crippen molar-refractivity contribution in [3.05, 3.63) is 57.5 Å². The van der Waals surface area contributed by atoms with Crippen molar-refractivity contribution < 1.29 is 19.4 Å². The molecule has 1 aromatic heterocycles. The van der Waals surface area contributed by atoms with E-state index in [1.165, 1.54) is 18.6 Å². The van der Waals surface area contributed by atoms with Crippen LogP contribution < -0.4 is 10.3 Å². The molecule has 0 radical (unpaired) electrons. The van der Waals surface area contributed by atoms with E-state index in [9.17, 15) is 19.5 Å². The molecular formula is C18H18N2O5. The first-order valence-electron chi connectivity index (χ1n) is 7.83. The number of carbonyl (C=O) groups is 2. The summed E-state index contributed by atoms with van der Waals surface area (Å²) in [5, 5.41) is 9.55. The average Bonchev–Trinajstić information content (AvgIpc) is 2.60. The molecule has 1 aromatic carbocycles. The molecular weight excluding hydrogens is 324 g/mol. The number of benzene rings is 1. The molecule has 1 N–H and O–H groups in total. The van der Waals surface area contributed by atoms with E-state index in [1.807, 2.05) is 0 Å². The lowest BCUT2D eigenvalue weighted by Gasteiger charge is -2.29. The Morgan fingerprint density at radius 1 is 1.28 bits per heavy atom. The molecule has 0 spiro atoms. The number of carboxylic acid groups (broad SMARTS) is 1. The summed E-state index contributed by atoms with van der Waals surface area (Å²) in [5.41, 5.74) is 0.865. The van der Waals surface area contributed by atoms with E-state index >= 15 is 0 Å². The highest BCUT2D eigenvalue weighted by Crippen LogP contribution is 2.23. The predicted molar refractivity (Wildman–Crippen MR) is 90.3 cm³/mol. The minimum atomic E-state index is -1.25. The first kappa shape index (κ1) is 16.8. The maximum atomic E-state index is 12.8. The SMILES string of the molecule is COc1cccc(-n2cc3c(c(C(=O)O)c2=O)CCN(C(C)=O)C3)c1. The van der Waals surface area contributed by atoms with Gasteiger partial charge >= 0.3 is 5.97 Å². The van der Waals surface area contributed by atoms with Gasteiger partial charge in [0.2, 0.25) is 5.91 Å². The van der Waals surface area contributed by atoms with Crippen molar-refractivity contribution in [2.24, 2.45) is 0 Å². The Labute approximate surface area is 144 Å². The summed E-state index contributed by atoms with van der Waals surface area (Å²) in [6.07, 6.45) is 1.97. The van der Waals surface area contributed by atoms with E-state index in [1.54, 1.807) is 35.4 Å². The maximum Gasteiger partial charge on any atom is 0.341 e. The number of ether oxygens (including phenoxy) is 1. The van der Waals surface area contributed by atoms with Crippen molar-refractivity contribution in [3.8, 4) is 11.4 Å². The number of methoxy groups -OCH3 is 1. The molecule has 3 rings (SSSR count). The Hall–Kier alpha value is -3.09. The van der Waals surface area contributed by atoms with Gasteiger partial charge in [-0.2, -0.15) is 0 Å². The van der Waals surface area contributed by atoms with Crippen LogP contribution in [0.4, 0.5) is 0 Å². The molecule has 1 amide bonds. The number of fused-ring (bicyclic) bond motifs is 1. The summed E-state index contributed by atoms with van der Waals surface area (Å²) < 4.78 is 6.47. The summed E-state index contributed by atoms with van der Waals surface area (Å²) in [4.78, 5) is 37.7. The van der Waals surface area contributed by atoms with Gasteiger partial charge in [0.15, 0.2) is 0 Å². The Morgan fingerprint density at radius 3 is 2.68 bits per heavy atom. The van der Waals surface area contributed by atoms with Crippen LogP contribution in [0.5, 0.6) is 5.75 Å². The second-order valence-corrected chi connectivity index (χ2v) is 5.88. The van der Waals surface area contributed by atoms with Crippen LogP contribution in [0, 0.1) is 0 Å². The van der Waals surface area contributed by atoms with Crippen LogP contribution in [-0.4, -0.2) is 40.1 Å². The number of carbonyl (C=O) groups excluding carboxylic acids is 1. The molecule has 0 fully saturated rings. The second-order valence-electron chi connectivity index (χ2n) is 5.88. The van der Waals surface area contributed by atoms with E-state index in [-0.39, 0.29) is 18.0 Å². The van der Waals surface area contributed by atoms with Gasteiger partial charge in [-0.15, -0.1) is 0 Å². The number of carboxylic acids is 1. The van der Waals surface area contributed by atoms with Crippen LogP contribution in [0.25, 0.3) is 5.69 Å². The van der Waals surface area contributed by atoms with Crippen LogP contribution in [0.1, 0.15) is 28.4 Å². The smallest absolute Gasteiger partial charge is 0.341 e. The summed E-state index contributed by atoms with van der Waals surface area (Å²) >= 11 is 0. The number of hydrogen-bond acceptors (Lipinski definition) is 4. The largest absolute Gasteiger partial charge is 0.497 e. The van der Waals surface area contributed by atoms with Crippen molar-refractivity contribution in [2.75, 3.05) is 13.7 Å². The monoisotopic (exact) mass is 342 g/mol. The average molecular weight is 342 g/mol. The lowest BCUT2D eigenvalue weighted by molar-refractivity contribution is -0.129. The minimum absolute atomic E-state index is 0.0818. The van der Waals surface area contributed by atoms with Gasteiger partial charge in [0.25, 0.3) is 5.56 Å². The summed E-state index contributed by atoms with van der Waals surface area (Å²) in [5.74, 6) is -0.777. The normalized spacial score (nSPS) is 13.3. The standard InChI is InChI=1S/C18H18N2O5/c1-11(21)19-7-6-15-12(9-19)10-20(17(22)16(15)18(23)24)13-4-3-5-14(8-13)25-2/h3-5,8,10H,6-7,9H2,1-2H3,(H,23,24). The highest BCUT2D eigenvalue weighted by molar-refractivity contribution is 5.89. The highest BCUT2D eigenvalue weighted by Gasteiger charge is 2.27. The van der Waals surface area contributed by atoms with Gasteiger partial charge < -0.3 is 14.7 Å². The van der Waals surface area contributed by atoms with Crippen LogP contribution in [0.2, 0.25) is 0 Å². The molecule has 1 aliphatic rings. The quantitative estimate of drug-likeness (QED) is 0.912. The minimum Gasteiger partial charge on any atom is -0.497 e. The van der Waals surface area contributed by atoms with Crippen LogP contribution >= 0.6 is 0 Å². The third-order valence-electron chi connectivity index (χ3n) is 4.39. The molecule has 130 valence electrons. The summed E-state index contributed by atoms with van der Waals surface area (Å²) in [6, 6.07) is 6.82. The van der Waals surface area contributed by atoms with E-state index in [2.05, 4.69) is 0 Å². The third-order valence-corrected chi connectivity index (χ3v) is 4.39. The lowest BCUT2D eigenvalue weighted by atomic mass is 9.96. The highest BCUT2D eigenvalue weighted by atomic mass is 16.5. The number of pyridine rings is 1. The lowest BCUT2D eigenvalue weighted by Crippen LogP contribution is -2.38. The molecule has 7 nitrogen and oxygen atoms in total. The number of nitrogens with zero attached hydrogens (tertiary/aromatic N) is 2. The van der Waals surface area contributed by atoms with Crippen molar-refractivity contribution in [1.82, 2.24) is 9.47 Å². The Balaban J connectivity index is 2.22. The zero-order chi connectivity index (χ0) is 18.1. The molecule has 0 saturated heterocycles. The zero-order valence-electron chi connectivity index (χ0n) is 14.0. The van der Waals surface area contributed by atoms with Gasteiger partial charge in [0, 0.05) is 32.3 Å². The fourth-order valence-corrected chi connectivity index (χ4v) is 3.10. The molecule has 0 aliphatic carbocycles. The Bertz CT molecular complexity index is 916. The van der Waals surface area contributed by atoms with Gasteiger partial charge in [0.1, 0.15) is 11.3 Å². The van der Waals surface area contributed by atoms with Gasteiger partial charge in [-0.05, 0) is 29.7 Å². The molecule has 0 atom stereocenters. The predicted octanol–water partition coefficient (Wildman–Crippen LogP) is 1.45. The fourth-order valence-electron chi connectivity index (χ4n) is 3.10. The number of hydrogen-bond donors (Lipinski definition) is 1. The number of rotatable bonds is 3. The molecule has 1 aliphatic heterocycles. The molecule has 2 heterocycles. The van der Waals surface area contributed by atoms with Gasteiger partial charge in [-0.1, -0.05) is 6.07 Å². The molecule has 0 unspecified atom stereocenters. The molecule has 25 heavy (non-hydrogen) atoms. The van der Waals surface area contributed by atoms with Crippen LogP contribution in [-0.2, 0) is 17.8 Å². The number of aromatic nitrogens is 1. The van der Waals surface area contributed by atoms with Gasteiger partial charge in [-0.3, -0.25) is 14.2 Å². The first-order valence-corrected chi connectivity index (χ1v) is 7.83. The molecule has 0 saturated carbocycles. The number of aromatic carboxylic acids is 1. The fraction of sp³-hybridized carbons (Fsp3) is 0.278. The van der Waals surface area contributed by atoms with Gasteiger partial charge in [0.05, 0.1) is 12.8 Å². The van der Waals surface area contributed by atoms with E-state index in [0.29, 0.717) is 35.5 Å². The van der Waals surface area contributed by atoms with E-state index < -0.39 is 11.5 Å². The van der Waals surface area contributed by atoms with E-state index in [0.717, 1.165) is 0 Å². The van der Waals surface area contributed by atoms with Crippen LogP contribution in [0.15, 0.2) is 35.3 Å². The molecule has 7 heteroatoms. The first-order chi connectivity index (χ1) is 11.9. The van der Waals surface area contributed by atoms with Crippen molar-refractivity contribution in [3.63, 3.8) is 0 Å². The van der Waals surface area contributed by atoms with Crippen molar-refractivity contribution in [1.29, 1.82) is 0 Å². The summed E-state index contributed by atoms with van der Waals surface area (Å²) in [7, 11) is 1.52. The summed E-state index contributed by atoms with van der Waals surface area (Å²) in [6.45, 7) is 2.17. The van der Waals surface area contributed by atoms with Crippen LogP contribution in [0.3, 0.4) is 0 Å². The van der Waals surface area contributed by atoms with Crippen molar-refractivity contribution in [2.45, 2.75) is 19.9 Å². The second kappa shape index (κ2) is 6.43. The van der Waals surface area contributed by atoms with Crippen molar-refractivity contribution >= 4 is 11.9 Å². The topological polar surface area (TPSA) is 88.8 Å². The van der Waals surface area contributed by atoms with Gasteiger partial charge in [-0.25, -0.2) is 4.79 Å². The molecule has 2 aromatic rings. The van der Waals surface area contributed by atoms with E-state index in [4.69, 9.17) is 4.74 Å². The third kappa shape index (κ3) is 3.00. The zero-order valence-corrected chi connectivity index (χ0v) is 14.0. The number of amides is 1. The molecule has 0 bridgehead atoms.